The van der Waals surface area contributed by atoms with E-state index in [0.717, 1.165) is 12.2 Å². The monoisotopic (exact) mass is 205 g/mol. The van der Waals surface area contributed by atoms with Crippen LogP contribution in [0.3, 0.4) is 0 Å². The lowest BCUT2D eigenvalue weighted by atomic mass is 10.0. The highest BCUT2D eigenvalue weighted by Gasteiger charge is 2.23. The van der Waals surface area contributed by atoms with E-state index in [0.29, 0.717) is 12.1 Å². The summed E-state index contributed by atoms with van der Waals surface area (Å²) in [7, 11) is 2.00. The summed E-state index contributed by atoms with van der Waals surface area (Å²) in [5, 5.41) is 3.31. The van der Waals surface area contributed by atoms with E-state index in [1.165, 1.54) is 18.4 Å². The molecule has 0 spiro atoms. The van der Waals surface area contributed by atoms with Crippen LogP contribution in [0.5, 0.6) is 5.75 Å². The highest BCUT2D eigenvalue weighted by molar-refractivity contribution is 5.31. The molecule has 15 heavy (non-hydrogen) atoms. The van der Waals surface area contributed by atoms with Gasteiger partial charge in [-0.15, -0.1) is 0 Å². The molecule has 0 unspecified atom stereocenters. The van der Waals surface area contributed by atoms with E-state index >= 15 is 0 Å². The van der Waals surface area contributed by atoms with Gasteiger partial charge in [0.25, 0.3) is 0 Å². The van der Waals surface area contributed by atoms with Crippen LogP contribution in [0, 0.1) is 0 Å². The summed E-state index contributed by atoms with van der Waals surface area (Å²) in [5.74, 6) is 1.02. The molecule has 82 valence electrons. The minimum atomic E-state index is 0.438. The quantitative estimate of drug-likeness (QED) is 0.798. The van der Waals surface area contributed by atoms with Crippen LogP contribution in [-0.4, -0.2) is 13.2 Å². The average molecular weight is 205 g/mol. The Hall–Kier alpha value is -1.02. The van der Waals surface area contributed by atoms with Crippen LogP contribution in [0.1, 0.15) is 37.8 Å². The summed E-state index contributed by atoms with van der Waals surface area (Å²) in [6.07, 6.45) is 4.01. The molecule has 0 saturated heterocycles. The molecule has 1 N–H and O–H groups in total. The van der Waals surface area contributed by atoms with Gasteiger partial charge in [-0.3, -0.25) is 0 Å². The Morgan fingerprint density at radius 2 is 2.27 bits per heavy atom. The van der Waals surface area contributed by atoms with Crippen LogP contribution in [0.15, 0.2) is 24.3 Å². The van der Waals surface area contributed by atoms with E-state index in [4.69, 9.17) is 4.74 Å². The van der Waals surface area contributed by atoms with Gasteiger partial charge in [0.05, 0.1) is 6.10 Å². The molecule has 0 amide bonds. The van der Waals surface area contributed by atoms with Crippen molar-refractivity contribution in [3.05, 3.63) is 29.8 Å². The lowest BCUT2D eigenvalue weighted by molar-refractivity contribution is 0.302. The second kappa shape index (κ2) is 4.67. The maximum absolute atomic E-state index is 5.78. The number of hydrogen-bond acceptors (Lipinski definition) is 2. The van der Waals surface area contributed by atoms with Crippen LogP contribution in [0.25, 0.3) is 0 Å². The zero-order chi connectivity index (χ0) is 10.7. The van der Waals surface area contributed by atoms with Crippen molar-refractivity contribution in [3.8, 4) is 5.75 Å². The van der Waals surface area contributed by atoms with Crippen molar-refractivity contribution in [1.82, 2.24) is 5.32 Å². The van der Waals surface area contributed by atoms with Crippen LogP contribution < -0.4 is 10.1 Å². The van der Waals surface area contributed by atoms with Crippen molar-refractivity contribution in [1.29, 1.82) is 0 Å². The van der Waals surface area contributed by atoms with E-state index in [1.54, 1.807) is 0 Å². The summed E-state index contributed by atoms with van der Waals surface area (Å²) in [4.78, 5) is 0. The first kappa shape index (κ1) is 10.5. The predicted octanol–water partition coefficient (Wildman–Crippen LogP) is 2.90. The number of nitrogens with one attached hydrogen (secondary N) is 1. The molecule has 2 nitrogen and oxygen atoms in total. The van der Waals surface area contributed by atoms with Gasteiger partial charge in [-0.05, 0) is 44.0 Å². The molecular weight excluding hydrogens is 186 g/mol. The van der Waals surface area contributed by atoms with E-state index in [1.807, 2.05) is 13.1 Å². The maximum Gasteiger partial charge on any atom is 0.120 e. The van der Waals surface area contributed by atoms with Gasteiger partial charge in [0.15, 0.2) is 0 Å². The standard InChI is InChI=1S/C13H19NO/c1-3-13(14-2)10-5-4-6-12(9-10)15-11-7-8-11/h4-6,9,11,13-14H,3,7-8H2,1-2H3/t13-/m1/s1. The lowest BCUT2D eigenvalue weighted by Crippen LogP contribution is -2.15. The predicted molar refractivity (Wildman–Crippen MR) is 62.2 cm³/mol. The summed E-state index contributed by atoms with van der Waals surface area (Å²) in [6.45, 7) is 2.19. The molecule has 2 heteroatoms. The number of rotatable bonds is 5. The van der Waals surface area contributed by atoms with E-state index < -0.39 is 0 Å². The fourth-order valence-electron chi connectivity index (χ4n) is 1.79. The largest absolute Gasteiger partial charge is 0.490 e. The third-order valence-corrected chi connectivity index (χ3v) is 2.84. The fraction of sp³-hybridized carbons (Fsp3) is 0.538. The molecule has 1 aromatic rings. The zero-order valence-electron chi connectivity index (χ0n) is 9.49. The van der Waals surface area contributed by atoms with Gasteiger partial charge < -0.3 is 10.1 Å². The van der Waals surface area contributed by atoms with Crippen LogP contribution in [0.4, 0.5) is 0 Å². The van der Waals surface area contributed by atoms with E-state index in [9.17, 15) is 0 Å². The molecule has 1 aliphatic rings. The van der Waals surface area contributed by atoms with Crippen molar-refractivity contribution >= 4 is 0 Å². The first-order chi connectivity index (χ1) is 7.33. The van der Waals surface area contributed by atoms with Crippen molar-refractivity contribution in [2.45, 2.75) is 38.3 Å². The van der Waals surface area contributed by atoms with E-state index in [2.05, 4.69) is 30.4 Å². The summed E-state index contributed by atoms with van der Waals surface area (Å²) in [5.41, 5.74) is 1.32. The highest BCUT2D eigenvalue weighted by atomic mass is 16.5. The van der Waals surface area contributed by atoms with Gasteiger partial charge in [0.2, 0.25) is 0 Å². The first-order valence-electron chi connectivity index (χ1n) is 5.77. The second-order valence-corrected chi connectivity index (χ2v) is 4.14. The van der Waals surface area contributed by atoms with Crippen molar-refractivity contribution in [2.75, 3.05) is 7.05 Å². The SMILES string of the molecule is CC[C@@H](NC)c1cccc(OC2CC2)c1. The molecule has 0 aromatic heterocycles. The third kappa shape index (κ3) is 2.72. The summed E-state index contributed by atoms with van der Waals surface area (Å²) in [6, 6.07) is 8.87. The Labute approximate surface area is 91.6 Å². The lowest BCUT2D eigenvalue weighted by Gasteiger charge is -2.15. The first-order valence-corrected chi connectivity index (χ1v) is 5.77. The Bertz CT molecular complexity index is 316. The number of benzene rings is 1. The van der Waals surface area contributed by atoms with Gasteiger partial charge in [-0.25, -0.2) is 0 Å². The molecule has 0 aliphatic heterocycles. The molecule has 1 aliphatic carbocycles. The Kier molecular flexibility index (Phi) is 3.27. The molecule has 0 bridgehead atoms. The van der Waals surface area contributed by atoms with E-state index in [-0.39, 0.29) is 0 Å². The van der Waals surface area contributed by atoms with Gasteiger partial charge >= 0.3 is 0 Å². The maximum atomic E-state index is 5.78. The van der Waals surface area contributed by atoms with Gasteiger partial charge in [-0.1, -0.05) is 19.1 Å². The minimum Gasteiger partial charge on any atom is -0.490 e. The Balaban J connectivity index is 2.09. The summed E-state index contributed by atoms with van der Waals surface area (Å²) >= 11 is 0. The van der Waals surface area contributed by atoms with Crippen molar-refractivity contribution < 1.29 is 4.74 Å². The van der Waals surface area contributed by atoms with Crippen molar-refractivity contribution in [3.63, 3.8) is 0 Å². The smallest absolute Gasteiger partial charge is 0.120 e. The van der Waals surface area contributed by atoms with Crippen LogP contribution in [-0.2, 0) is 0 Å². The number of ether oxygens (including phenoxy) is 1. The molecule has 1 aromatic carbocycles. The molecule has 1 saturated carbocycles. The summed E-state index contributed by atoms with van der Waals surface area (Å²) < 4.78 is 5.78. The third-order valence-electron chi connectivity index (χ3n) is 2.84. The van der Waals surface area contributed by atoms with Crippen LogP contribution >= 0.6 is 0 Å². The Morgan fingerprint density at radius 3 is 2.87 bits per heavy atom. The molecule has 0 heterocycles. The minimum absolute atomic E-state index is 0.438. The number of hydrogen-bond donors (Lipinski definition) is 1. The Morgan fingerprint density at radius 1 is 1.47 bits per heavy atom. The van der Waals surface area contributed by atoms with Gasteiger partial charge in [-0.2, -0.15) is 0 Å². The molecule has 1 fully saturated rings. The van der Waals surface area contributed by atoms with Gasteiger partial charge in [0.1, 0.15) is 5.75 Å². The normalized spacial score (nSPS) is 17.5. The fourth-order valence-corrected chi connectivity index (χ4v) is 1.79. The average Bonchev–Trinajstić information content (AvgIpc) is 3.04. The zero-order valence-corrected chi connectivity index (χ0v) is 9.49. The van der Waals surface area contributed by atoms with Gasteiger partial charge in [0, 0.05) is 6.04 Å². The topological polar surface area (TPSA) is 21.3 Å². The van der Waals surface area contributed by atoms with Crippen LogP contribution in [0.2, 0.25) is 0 Å². The molecular formula is C13H19NO. The van der Waals surface area contributed by atoms with Crippen molar-refractivity contribution in [2.24, 2.45) is 0 Å². The molecule has 0 radical (unpaired) electrons. The second-order valence-electron chi connectivity index (χ2n) is 4.14. The molecule has 1 atom stereocenters. The molecule has 2 rings (SSSR count). The highest BCUT2D eigenvalue weighted by Crippen LogP contribution is 2.28.